The summed E-state index contributed by atoms with van der Waals surface area (Å²) in [6, 6.07) is 20.3. The van der Waals surface area contributed by atoms with Gasteiger partial charge in [-0.1, -0.05) is 24.3 Å². The molecule has 34 heavy (non-hydrogen) atoms. The van der Waals surface area contributed by atoms with Crippen molar-refractivity contribution < 1.29 is 23.5 Å². The normalized spacial score (nSPS) is 14.5. The van der Waals surface area contributed by atoms with E-state index in [0.29, 0.717) is 23.6 Å². The van der Waals surface area contributed by atoms with Crippen LogP contribution in [0.25, 0.3) is 6.08 Å². The van der Waals surface area contributed by atoms with Gasteiger partial charge in [-0.15, -0.1) is 0 Å². The van der Waals surface area contributed by atoms with Gasteiger partial charge in [0.15, 0.2) is 0 Å². The predicted molar refractivity (Wildman–Crippen MR) is 138 cm³/mol. The molecule has 1 heterocycles. The van der Waals surface area contributed by atoms with E-state index in [2.05, 4.69) is 27.9 Å². The molecule has 4 rings (SSSR count). The minimum Gasteiger partial charge on any atom is -0.489 e. The van der Waals surface area contributed by atoms with Crippen LogP contribution in [-0.2, 0) is 16.2 Å². The van der Waals surface area contributed by atoms with Gasteiger partial charge < -0.3 is 10.1 Å². The fraction of sp³-hybridized carbons (Fsp3) is 0.0800. The van der Waals surface area contributed by atoms with E-state index in [1.54, 1.807) is 54.6 Å². The van der Waals surface area contributed by atoms with E-state index in [1.807, 2.05) is 12.1 Å². The highest BCUT2D eigenvalue weighted by Gasteiger charge is 2.36. The maximum Gasteiger partial charge on any atom is 0.294 e. The average molecular weight is 588 g/mol. The highest BCUT2D eigenvalue weighted by molar-refractivity contribution is 14.1. The first-order valence-corrected chi connectivity index (χ1v) is 12.0. The molecule has 6 nitrogen and oxygen atoms in total. The maximum absolute atomic E-state index is 13.0. The summed E-state index contributed by atoms with van der Waals surface area (Å²) in [5, 5.41) is 2.19. The monoisotopic (exact) mass is 588 g/mol. The standard InChI is InChI=1S/C25H18FIN2O4S/c26-18-5-1-17(2-6-18)15-33-21-11-3-16(4-12-21)13-22-24(31)29(25(32)34-22)14-23(30)28-20-9-7-19(27)8-10-20/h1-13H,14-15H2,(H,28,30)/b22-13-. The highest BCUT2D eigenvalue weighted by Crippen LogP contribution is 2.32. The molecule has 1 aliphatic rings. The second-order valence-corrected chi connectivity index (χ2v) is 9.55. The van der Waals surface area contributed by atoms with Crippen LogP contribution >= 0.6 is 34.4 Å². The molecule has 0 aromatic heterocycles. The fourth-order valence-electron chi connectivity index (χ4n) is 3.07. The number of rotatable bonds is 7. The Morgan fingerprint density at radius 1 is 1.00 bits per heavy atom. The smallest absolute Gasteiger partial charge is 0.294 e. The van der Waals surface area contributed by atoms with Crippen molar-refractivity contribution in [2.75, 3.05) is 11.9 Å². The Balaban J connectivity index is 1.35. The van der Waals surface area contributed by atoms with E-state index in [0.717, 1.165) is 25.8 Å². The van der Waals surface area contributed by atoms with Gasteiger partial charge in [0.2, 0.25) is 5.91 Å². The molecule has 0 saturated carbocycles. The summed E-state index contributed by atoms with van der Waals surface area (Å²) in [6.07, 6.45) is 1.60. The summed E-state index contributed by atoms with van der Waals surface area (Å²) in [5.41, 5.74) is 2.14. The third kappa shape index (κ3) is 6.23. The van der Waals surface area contributed by atoms with Crippen molar-refractivity contribution in [3.8, 4) is 5.75 Å². The van der Waals surface area contributed by atoms with Crippen molar-refractivity contribution in [3.05, 3.63) is 98.2 Å². The highest BCUT2D eigenvalue weighted by atomic mass is 127. The van der Waals surface area contributed by atoms with Gasteiger partial charge in [-0.2, -0.15) is 0 Å². The predicted octanol–water partition coefficient (Wildman–Crippen LogP) is 5.68. The van der Waals surface area contributed by atoms with Crippen LogP contribution < -0.4 is 10.1 Å². The number of carbonyl (C=O) groups is 3. The first-order chi connectivity index (χ1) is 16.4. The van der Waals surface area contributed by atoms with Crippen molar-refractivity contribution in [1.29, 1.82) is 0 Å². The lowest BCUT2D eigenvalue weighted by Gasteiger charge is -2.12. The summed E-state index contributed by atoms with van der Waals surface area (Å²) in [7, 11) is 0. The number of nitrogens with zero attached hydrogens (tertiary/aromatic N) is 1. The molecular formula is C25H18FIN2O4S. The fourth-order valence-corrected chi connectivity index (χ4v) is 4.27. The Hall–Kier alpha value is -3.18. The Labute approximate surface area is 213 Å². The maximum atomic E-state index is 13.0. The SMILES string of the molecule is O=C(CN1C(=O)S/C(=C\c2ccc(OCc3ccc(F)cc3)cc2)C1=O)Nc1ccc(I)cc1. The average Bonchev–Trinajstić information content (AvgIpc) is 3.08. The summed E-state index contributed by atoms with van der Waals surface area (Å²) in [6.45, 7) is -0.0625. The van der Waals surface area contributed by atoms with E-state index in [1.165, 1.54) is 12.1 Å². The molecule has 0 spiro atoms. The quantitative estimate of drug-likeness (QED) is 0.284. The van der Waals surface area contributed by atoms with Crippen molar-refractivity contribution in [3.63, 3.8) is 0 Å². The van der Waals surface area contributed by atoms with Crippen LogP contribution in [0.4, 0.5) is 14.9 Å². The van der Waals surface area contributed by atoms with Gasteiger partial charge in [0.25, 0.3) is 11.1 Å². The first kappa shape index (κ1) is 24.0. The van der Waals surface area contributed by atoms with Crippen LogP contribution in [0.2, 0.25) is 0 Å². The van der Waals surface area contributed by atoms with E-state index in [4.69, 9.17) is 4.74 Å². The van der Waals surface area contributed by atoms with E-state index in [-0.39, 0.29) is 17.3 Å². The molecule has 0 unspecified atom stereocenters. The van der Waals surface area contributed by atoms with Gasteiger partial charge >= 0.3 is 0 Å². The van der Waals surface area contributed by atoms with Gasteiger partial charge in [0.1, 0.15) is 24.7 Å². The Bertz CT molecular complexity index is 1250. The lowest BCUT2D eigenvalue weighted by Crippen LogP contribution is -2.36. The number of anilines is 1. The second kappa shape index (κ2) is 10.8. The van der Waals surface area contributed by atoms with E-state index in [9.17, 15) is 18.8 Å². The Morgan fingerprint density at radius 3 is 2.35 bits per heavy atom. The molecule has 1 aliphatic heterocycles. The number of imide groups is 1. The number of halogens is 2. The molecule has 0 radical (unpaired) electrons. The minimum absolute atomic E-state index is 0.243. The lowest BCUT2D eigenvalue weighted by atomic mass is 10.2. The number of benzene rings is 3. The van der Waals surface area contributed by atoms with Crippen LogP contribution in [0.5, 0.6) is 5.75 Å². The lowest BCUT2D eigenvalue weighted by molar-refractivity contribution is -0.127. The van der Waals surface area contributed by atoms with E-state index < -0.39 is 17.1 Å². The number of amides is 3. The third-order valence-corrected chi connectivity index (χ3v) is 6.43. The summed E-state index contributed by atoms with van der Waals surface area (Å²) in [4.78, 5) is 38.5. The molecule has 172 valence electrons. The zero-order valence-electron chi connectivity index (χ0n) is 17.7. The topological polar surface area (TPSA) is 75.7 Å². The summed E-state index contributed by atoms with van der Waals surface area (Å²) in [5.74, 6) is -0.650. The second-order valence-electron chi connectivity index (χ2n) is 7.31. The number of carbonyl (C=O) groups excluding carboxylic acids is 3. The van der Waals surface area contributed by atoms with Crippen molar-refractivity contribution in [2.45, 2.75) is 6.61 Å². The zero-order chi connectivity index (χ0) is 24.1. The number of hydrogen-bond acceptors (Lipinski definition) is 5. The van der Waals surface area contributed by atoms with Gasteiger partial charge in [-0.3, -0.25) is 19.3 Å². The molecule has 0 atom stereocenters. The summed E-state index contributed by atoms with van der Waals surface area (Å²) < 4.78 is 19.7. The Kier molecular flexibility index (Phi) is 7.63. The number of ether oxygens (including phenoxy) is 1. The van der Waals surface area contributed by atoms with Crippen molar-refractivity contribution in [1.82, 2.24) is 4.90 Å². The van der Waals surface area contributed by atoms with Gasteiger partial charge in [0, 0.05) is 9.26 Å². The van der Waals surface area contributed by atoms with Gasteiger partial charge in [0.05, 0.1) is 4.91 Å². The molecule has 3 amide bonds. The number of nitrogens with one attached hydrogen (secondary N) is 1. The molecule has 3 aromatic rings. The van der Waals surface area contributed by atoms with Crippen molar-refractivity contribution in [2.24, 2.45) is 0 Å². The largest absolute Gasteiger partial charge is 0.489 e. The number of hydrogen-bond donors (Lipinski definition) is 1. The van der Waals surface area contributed by atoms with Crippen molar-refractivity contribution >= 4 is 63.2 Å². The molecule has 1 saturated heterocycles. The molecule has 9 heteroatoms. The third-order valence-electron chi connectivity index (χ3n) is 4.80. The van der Waals surface area contributed by atoms with Crippen LogP contribution in [0, 0.1) is 9.39 Å². The van der Waals surface area contributed by atoms with Crippen LogP contribution in [0.3, 0.4) is 0 Å². The van der Waals surface area contributed by atoms with E-state index >= 15 is 0 Å². The first-order valence-electron chi connectivity index (χ1n) is 10.2. The Morgan fingerprint density at radius 2 is 1.68 bits per heavy atom. The summed E-state index contributed by atoms with van der Waals surface area (Å²) >= 11 is 2.95. The molecule has 3 aromatic carbocycles. The van der Waals surface area contributed by atoms with Gasteiger partial charge in [-0.25, -0.2) is 4.39 Å². The molecule has 1 fully saturated rings. The van der Waals surface area contributed by atoms with Crippen LogP contribution in [0.1, 0.15) is 11.1 Å². The van der Waals surface area contributed by atoms with Crippen LogP contribution in [0.15, 0.2) is 77.7 Å². The van der Waals surface area contributed by atoms with Gasteiger partial charge in [-0.05, 0) is 100 Å². The number of thioether (sulfide) groups is 1. The van der Waals surface area contributed by atoms with Crippen LogP contribution in [-0.4, -0.2) is 28.5 Å². The zero-order valence-corrected chi connectivity index (χ0v) is 20.6. The molecule has 0 aliphatic carbocycles. The molecule has 1 N–H and O–H groups in total. The minimum atomic E-state index is -0.510. The molecular weight excluding hydrogens is 570 g/mol. The molecule has 0 bridgehead atoms.